The fourth-order valence-electron chi connectivity index (χ4n) is 2.70. The van der Waals surface area contributed by atoms with E-state index in [1.807, 2.05) is 24.3 Å². The predicted octanol–water partition coefficient (Wildman–Crippen LogP) is 1.88. The Morgan fingerprint density at radius 1 is 1.12 bits per heavy atom. The number of aromatic nitrogens is 3. The molecular weight excluding hydrogens is 320 g/mol. The zero-order chi connectivity index (χ0) is 17.4. The summed E-state index contributed by atoms with van der Waals surface area (Å²) in [5.74, 6) is -0.452. The Morgan fingerprint density at radius 3 is 2.76 bits per heavy atom. The number of aliphatic imine (C=N–C) groups is 1. The second-order valence-corrected chi connectivity index (χ2v) is 5.42. The van der Waals surface area contributed by atoms with Crippen LogP contribution in [0.2, 0.25) is 0 Å². The van der Waals surface area contributed by atoms with Gasteiger partial charge >= 0.3 is 5.69 Å². The average Bonchev–Trinajstić information content (AvgIpc) is 3.02. The zero-order valence-electron chi connectivity index (χ0n) is 12.9. The van der Waals surface area contributed by atoms with E-state index < -0.39 is 17.1 Å². The highest BCUT2D eigenvalue weighted by atomic mass is 16.3. The third-order valence-electron chi connectivity index (χ3n) is 3.88. The van der Waals surface area contributed by atoms with Gasteiger partial charge in [-0.1, -0.05) is 18.2 Å². The highest BCUT2D eigenvalue weighted by Crippen LogP contribution is 2.32. The van der Waals surface area contributed by atoms with Gasteiger partial charge in [0.05, 0.1) is 17.6 Å². The molecule has 25 heavy (non-hydrogen) atoms. The van der Waals surface area contributed by atoms with Crippen molar-refractivity contribution in [2.24, 2.45) is 4.99 Å². The molecule has 7 heteroatoms. The molecule has 0 aliphatic carbocycles. The largest absolute Gasteiger partial charge is 0.494 e. The highest BCUT2D eigenvalue weighted by molar-refractivity contribution is 6.21. The van der Waals surface area contributed by atoms with Crippen molar-refractivity contribution in [3.05, 3.63) is 80.8 Å². The summed E-state index contributed by atoms with van der Waals surface area (Å²) in [6.07, 6.45) is 6.09. The molecule has 3 heterocycles. The van der Waals surface area contributed by atoms with E-state index in [-0.39, 0.29) is 5.56 Å². The minimum absolute atomic E-state index is 0.0263. The number of para-hydroxylation sites is 1. The van der Waals surface area contributed by atoms with Gasteiger partial charge in [-0.05, 0) is 24.3 Å². The van der Waals surface area contributed by atoms with E-state index in [1.165, 1.54) is 12.3 Å². The van der Waals surface area contributed by atoms with Crippen molar-refractivity contribution in [3.8, 4) is 11.6 Å². The summed E-state index contributed by atoms with van der Waals surface area (Å²) in [6, 6.07) is 10.7. The van der Waals surface area contributed by atoms with E-state index in [0.717, 1.165) is 15.8 Å². The van der Waals surface area contributed by atoms with Gasteiger partial charge in [0.1, 0.15) is 5.56 Å². The summed E-state index contributed by atoms with van der Waals surface area (Å²) in [7, 11) is 0. The van der Waals surface area contributed by atoms with Crippen molar-refractivity contribution in [1.29, 1.82) is 0 Å². The molecule has 0 saturated carbocycles. The third kappa shape index (κ3) is 2.47. The summed E-state index contributed by atoms with van der Waals surface area (Å²) >= 11 is 0. The second kappa shape index (κ2) is 5.72. The predicted molar refractivity (Wildman–Crippen MR) is 94.6 cm³/mol. The molecule has 0 amide bonds. The maximum Gasteiger partial charge on any atom is 0.335 e. The topological polar surface area (TPSA) is 100 Å². The summed E-state index contributed by atoms with van der Waals surface area (Å²) in [6.45, 7) is 0. The van der Waals surface area contributed by atoms with Crippen molar-refractivity contribution in [1.82, 2.24) is 14.5 Å². The maximum atomic E-state index is 12.2. The van der Waals surface area contributed by atoms with Crippen LogP contribution in [0.1, 0.15) is 11.1 Å². The molecule has 3 aromatic rings. The zero-order valence-corrected chi connectivity index (χ0v) is 12.9. The number of nitrogens with zero attached hydrogens (tertiary/aromatic N) is 3. The highest BCUT2D eigenvalue weighted by Gasteiger charge is 2.17. The summed E-state index contributed by atoms with van der Waals surface area (Å²) in [5.41, 5.74) is 1.22. The van der Waals surface area contributed by atoms with Gasteiger partial charge in [0.2, 0.25) is 5.88 Å². The second-order valence-electron chi connectivity index (χ2n) is 5.42. The Morgan fingerprint density at radius 2 is 1.96 bits per heavy atom. The fourth-order valence-corrected chi connectivity index (χ4v) is 2.70. The van der Waals surface area contributed by atoms with Crippen LogP contribution in [0, 0.1) is 0 Å². The summed E-state index contributed by atoms with van der Waals surface area (Å²) < 4.78 is 0.999. The maximum absolute atomic E-state index is 12.2. The van der Waals surface area contributed by atoms with E-state index in [9.17, 15) is 14.7 Å². The van der Waals surface area contributed by atoms with Crippen LogP contribution in [0.15, 0.2) is 63.4 Å². The van der Waals surface area contributed by atoms with Crippen molar-refractivity contribution >= 4 is 23.6 Å². The van der Waals surface area contributed by atoms with E-state index in [2.05, 4.69) is 15.0 Å². The number of allylic oxidation sites excluding steroid dienone is 1. The van der Waals surface area contributed by atoms with Crippen molar-refractivity contribution < 1.29 is 5.11 Å². The van der Waals surface area contributed by atoms with Crippen molar-refractivity contribution in [3.63, 3.8) is 0 Å². The van der Waals surface area contributed by atoms with E-state index >= 15 is 0 Å². The van der Waals surface area contributed by atoms with Crippen molar-refractivity contribution in [2.75, 3.05) is 0 Å². The Balaban J connectivity index is 1.93. The molecule has 0 saturated heterocycles. The first-order valence-corrected chi connectivity index (χ1v) is 7.49. The molecule has 0 radical (unpaired) electrons. The van der Waals surface area contributed by atoms with E-state index in [1.54, 1.807) is 24.5 Å². The molecule has 2 aromatic heterocycles. The molecule has 0 spiro atoms. The number of nitrogens with one attached hydrogen (secondary N) is 1. The number of benzene rings is 1. The molecule has 7 nitrogen and oxygen atoms in total. The number of aromatic hydroxyl groups is 1. The average molecular weight is 332 g/mol. The molecule has 0 unspecified atom stereocenters. The van der Waals surface area contributed by atoms with Crippen LogP contribution in [-0.4, -0.2) is 25.9 Å². The molecular formula is C18H12N4O3. The first kappa shape index (κ1) is 14.8. The smallest absolute Gasteiger partial charge is 0.335 e. The van der Waals surface area contributed by atoms with Gasteiger partial charge in [-0.3, -0.25) is 19.8 Å². The normalized spacial score (nSPS) is 14.0. The van der Waals surface area contributed by atoms with Crippen LogP contribution in [0.3, 0.4) is 0 Å². The van der Waals surface area contributed by atoms with E-state index in [0.29, 0.717) is 11.3 Å². The molecule has 122 valence electrons. The van der Waals surface area contributed by atoms with Gasteiger partial charge in [0.25, 0.3) is 5.56 Å². The van der Waals surface area contributed by atoms with Gasteiger partial charge in [-0.2, -0.15) is 0 Å². The Kier molecular flexibility index (Phi) is 3.39. The molecule has 0 bridgehead atoms. The molecule has 0 atom stereocenters. The number of fused-ring (bicyclic) bond motifs is 1. The van der Waals surface area contributed by atoms with Crippen LogP contribution in [0.4, 0.5) is 5.69 Å². The Bertz CT molecular complexity index is 1140. The summed E-state index contributed by atoms with van der Waals surface area (Å²) in [5, 5.41) is 10.5. The first-order chi connectivity index (χ1) is 12.1. The lowest BCUT2D eigenvalue weighted by atomic mass is 10.1. The number of rotatable bonds is 2. The SMILES string of the molecule is O=c1[nH]c(=O)n(-c2cccnc2)c(O)c1/C=C1/C=Nc2ccccc21. The lowest BCUT2D eigenvalue weighted by molar-refractivity contribution is 0.429. The Hall–Kier alpha value is -3.74. The number of hydrogen-bond acceptors (Lipinski definition) is 5. The fraction of sp³-hybridized carbons (Fsp3) is 0. The number of hydrogen-bond donors (Lipinski definition) is 2. The Labute approximate surface area is 141 Å². The standard InChI is InChI=1S/C18H12N4O3/c23-16-14(8-11-9-20-15-6-2-1-5-13(11)15)17(24)22(18(25)21-16)12-4-3-7-19-10-12/h1-10,24H,(H,21,23,25)/b11-8-. The number of pyridine rings is 1. The van der Waals surface area contributed by atoms with Gasteiger partial charge < -0.3 is 5.11 Å². The molecule has 1 aromatic carbocycles. The number of H-pyrrole nitrogens is 1. The quantitative estimate of drug-likeness (QED) is 0.748. The van der Waals surface area contributed by atoms with Gasteiger partial charge in [-0.15, -0.1) is 0 Å². The monoisotopic (exact) mass is 332 g/mol. The van der Waals surface area contributed by atoms with Crippen LogP contribution in [-0.2, 0) is 0 Å². The van der Waals surface area contributed by atoms with Crippen LogP contribution in [0.25, 0.3) is 17.3 Å². The van der Waals surface area contributed by atoms with Crippen LogP contribution < -0.4 is 11.2 Å². The lowest BCUT2D eigenvalue weighted by Crippen LogP contribution is -2.30. The molecule has 1 aliphatic rings. The molecule has 1 aliphatic heterocycles. The third-order valence-corrected chi connectivity index (χ3v) is 3.88. The first-order valence-electron chi connectivity index (χ1n) is 7.49. The van der Waals surface area contributed by atoms with Gasteiger partial charge in [-0.25, -0.2) is 9.36 Å². The van der Waals surface area contributed by atoms with E-state index in [4.69, 9.17) is 0 Å². The minimum Gasteiger partial charge on any atom is -0.494 e. The van der Waals surface area contributed by atoms with Gasteiger partial charge in [0, 0.05) is 23.5 Å². The molecule has 2 N–H and O–H groups in total. The number of aromatic amines is 1. The van der Waals surface area contributed by atoms with Crippen LogP contribution >= 0.6 is 0 Å². The minimum atomic E-state index is -0.738. The molecule has 0 fully saturated rings. The molecule has 4 rings (SSSR count). The lowest BCUT2D eigenvalue weighted by Gasteiger charge is -2.09. The van der Waals surface area contributed by atoms with Crippen molar-refractivity contribution in [2.45, 2.75) is 0 Å². The van der Waals surface area contributed by atoms with Crippen LogP contribution in [0.5, 0.6) is 5.88 Å². The summed E-state index contributed by atoms with van der Waals surface area (Å²) in [4.78, 5) is 34.7. The van der Waals surface area contributed by atoms with Gasteiger partial charge in [0.15, 0.2) is 0 Å².